The first-order chi connectivity index (χ1) is 14.0. The molecule has 1 atom stereocenters. The number of hydrogen-bond acceptors (Lipinski definition) is 4. The van der Waals surface area contributed by atoms with Gasteiger partial charge in [-0.15, -0.1) is 11.8 Å². The molecule has 0 aliphatic rings. The molecule has 29 heavy (non-hydrogen) atoms. The highest BCUT2D eigenvalue weighted by molar-refractivity contribution is 7.99. The number of hydrogen-bond donors (Lipinski definition) is 1. The molecule has 0 bridgehead atoms. The lowest BCUT2D eigenvalue weighted by molar-refractivity contribution is -0.119. The molecule has 0 aliphatic heterocycles. The van der Waals surface area contributed by atoms with E-state index >= 15 is 0 Å². The Morgan fingerprint density at radius 3 is 2.66 bits per heavy atom. The molecular formula is C24H27NO3S. The van der Waals surface area contributed by atoms with E-state index < -0.39 is 0 Å². The smallest absolute Gasteiger partial charge is 0.336 e. The van der Waals surface area contributed by atoms with Gasteiger partial charge < -0.3 is 9.73 Å². The second kappa shape index (κ2) is 10.3. The number of fused-ring (bicyclic) bond motifs is 1. The molecule has 5 heteroatoms. The van der Waals surface area contributed by atoms with Crippen LogP contribution in [0.5, 0.6) is 0 Å². The molecule has 1 heterocycles. The Kier molecular flexibility index (Phi) is 7.53. The molecule has 0 saturated carbocycles. The maximum atomic E-state index is 12.3. The van der Waals surface area contributed by atoms with Crippen LogP contribution >= 0.6 is 11.8 Å². The van der Waals surface area contributed by atoms with Gasteiger partial charge in [-0.25, -0.2) is 4.79 Å². The van der Waals surface area contributed by atoms with Gasteiger partial charge in [-0.3, -0.25) is 4.79 Å². The average molecular weight is 410 g/mol. The average Bonchev–Trinajstić information content (AvgIpc) is 2.72. The van der Waals surface area contributed by atoms with E-state index in [4.69, 9.17) is 4.42 Å². The van der Waals surface area contributed by atoms with Crippen LogP contribution in [0, 0.1) is 0 Å². The largest absolute Gasteiger partial charge is 0.423 e. The van der Waals surface area contributed by atoms with Gasteiger partial charge in [-0.05, 0) is 48.9 Å². The Labute approximate surface area is 175 Å². The van der Waals surface area contributed by atoms with Crippen LogP contribution in [0.15, 0.2) is 63.8 Å². The van der Waals surface area contributed by atoms with Crippen molar-refractivity contribution >= 4 is 28.6 Å². The molecule has 0 saturated heterocycles. The summed E-state index contributed by atoms with van der Waals surface area (Å²) in [5.74, 6) is 0.986. The first-order valence-corrected chi connectivity index (χ1v) is 11.2. The zero-order chi connectivity index (χ0) is 20.6. The summed E-state index contributed by atoms with van der Waals surface area (Å²) in [5, 5.41) is 4.00. The van der Waals surface area contributed by atoms with Crippen molar-refractivity contribution in [2.75, 3.05) is 5.75 Å². The van der Waals surface area contributed by atoms with Gasteiger partial charge in [0.25, 0.3) is 0 Å². The van der Waals surface area contributed by atoms with Crippen molar-refractivity contribution in [1.29, 1.82) is 0 Å². The molecule has 4 nitrogen and oxygen atoms in total. The summed E-state index contributed by atoms with van der Waals surface area (Å²) in [5.41, 5.74) is 3.60. The van der Waals surface area contributed by atoms with Crippen LogP contribution in [0.3, 0.4) is 0 Å². The number of amides is 1. The van der Waals surface area contributed by atoms with E-state index in [-0.39, 0.29) is 17.6 Å². The number of rotatable bonds is 9. The van der Waals surface area contributed by atoms with Crippen molar-refractivity contribution < 1.29 is 9.21 Å². The van der Waals surface area contributed by atoms with Crippen LogP contribution in [0.1, 0.15) is 37.0 Å². The van der Waals surface area contributed by atoms with Crippen LogP contribution < -0.4 is 10.9 Å². The molecule has 1 N–H and O–H groups in total. The van der Waals surface area contributed by atoms with Crippen molar-refractivity contribution in [2.45, 2.75) is 44.9 Å². The first kappa shape index (κ1) is 21.2. The Balaban J connectivity index is 1.50. The Bertz CT molecular complexity index is 1010. The van der Waals surface area contributed by atoms with Crippen molar-refractivity contribution in [3.8, 4) is 0 Å². The summed E-state index contributed by atoms with van der Waals surface area (Å²) in [6.07, 6.45) is 2.74. The van der Waals surface area contributed by atoms with Crippen LogP contribution in [-0.2, 0) is 23.4 Å². The Morgan fingerprint density at radius 1 is 1.10 bits per heavy atom. The number of carbonyl (C=O) groups is 1. The van der Waals surface area contributed by atoms with Gasteiger partial charge >= 0.3 is 5.63 Å². The van der Waals surface area contributed by atoms with Crippen LogP contribution in [0.2, 0.25) is 0 Å². The topological polar surface area (TPSA) is 59.3 Å². The summed E-state index contributed by atoms with van der Waals surface area (Å²) >= 11 is 1.51. The zero-order valence-corrected chi connectivity index (χ0v) is 17.8. The molecule has 3 aromatic rings. The molecule has 0 unspecified atom stereocenters. The molecule has 152 valence electrons. The summed E-state index contributed by atoms with van der Waals surface area (Å²) in [4.78, 5) is 24.1. The number of carbonyl (C=O) groups excluding carboxylic acids is 1. The minimum absolute atomic E-state index is 0.0242. The van der Waals surface area contributed by atoms with Gasteiger partial charge in [0.2, 0.25) is 5.91 Å². The molecule has 2 aromatic carbocycles. The highest BCUT2D eigenvalue weighted by Gasteiger charge is 2.10. The van der Waals surface area contributed by atoms with Crippen LogP contribution in [0.4, 0.5) is 0 Å². The zero-order valence-electron chi connectivity index (χ0n) is 16.9. The SMILES string of the molecule is CCc1ccc2c(CSCC(=O)N[C@H](C)CCc3ccccc3)cc(=O)oc2c1. The number of thioether (sulfide) groups is 1. The van der Waals surface area contributed by atoms with E-state index in [0.29, 0.717) is 17.1 Å². The minimum Gasteiger partial charge on any atom is -0.423 e. The van der Waals surface area contributed by atoms with Crippen molar-refractivity contribution in [2.24, 2.45) is 0 Å². The summed E-state index contributed by atoms with van der Waals surface area (Å²) in [7, 11) is 0. The molecule has 0 spiro atoms. The van der Waals surface area contributed by atoms with E-state index in [1.54, 1.807) is 0 Å². The number of aryl methyl sites for hydroxylation is 2. The highest BCUT2D eigenvalue weighted by atomic mass is 32.2. The third-order valence-corrected chi connectivity index (χ3v) is 5.89. The van der Waals surface area contributed by atoms with Gasteiger partial charge in [0, 0.05) is 23.2 Å². The molecule has 3 rings (SSSR count). The summed E-state index contributed by atoms with van der Waals surface area (Å²) in [6.45, 7) is 4.10. The molecule has 0 radical (unpaired) electrons. The predicted molar refractivity (Wildman–Crippen MR) is 120 cm³/mol. The quantitative estimate of drug-likeness (QED) is 0.519. The maximum Gasteiger partial charge on any atom is 0.336 e. The van der Waals surface area contributed by atoms with E-state index in [1.165, 1.54) is 23.4 Å². The lowest BCUT2D eigenvalue weighted by atomic mass is 10.1. The fourth-order valence-corrected chi connectivity index (χ4v) is 4.11. The monoisotopic (exact) mass is 409 g/mol. The van der Waals surface area contributed by atoms with Crippen molar-refractivity contribution in [1.82, 2.24) is 5.32 Å². The number of nitrogens with one attached hydrogen (secondary N) is 1. The van der Waals surface area contributed by atoms with Gasteiger partial charge in [0.15, 0.2) is 0 Å². The summed E-state index contributed by atoms with van der Waals surface area (Å²) < 4.78 is 5.34. The molecule has 1 amide bonds. The number of benzene rings is 2. The van der Waals surface area contributed by atoms with Crippen LogP contribution in [-0.4, -0.2) is 17.7 Å². The first-order valence-electron chi connectivity index (χ1n) is 10.0. The maximum absolute atomic E-state index is 12.3. The third-order valence-electron chi connectivity index (χ3n) is 4.91. The fourth-order valence-electron chi connectivity index (χ4n) is 3.28. The molecule has 0 aliphatic carbocycles. The third kappa shape index (κ3) is 6.23. The van der Waals surface area contributed by atoms with Gasteiger partial charge in [0.05, 0.1) is 5.75 Å². The highest BCUT2D eigenvalue weighted by Crippen LogP contribution is 2.22. The normalized spacial score (nSPS) is 12.1. The molecule has 1 aromatic heterocycles. The van der Waals surface area contributed by atoms with Crippen LogP contribution in [0.25, 0.3) is 11.0 Å². The van der Waals surface area contributed by atoms with Crippen molar-refractivity contribution in [3.63, 3.8) is 0 Å². The lowest BCUT2D eigenvalue weighted by Crippen LogP contribution is -2.34. The van der Waals surface area contributed by atoms with Gasteiger partial charge in [-0.2, -0.15) is 0 Å². The standard InChI is InChI=1S/C24H27NO3S/c1-3-18-11-12-21-20(14-24(27)28-22(21)13-18)15-29-16-23(26)25-17(2)9-10-19-7-5-4-6-8-19/h4-8,11-14,17H,3,9-10,15-16H2,1-2H3,(H,25,26)/t17-/m1/s1. The van der Waals surface area contributed by atoms with E-state index in [0.717, 1.165) is 35.8 Å². The molecule has 0 fully saturated rings. The van der Waals surface area contributed by atoms with Gasteiger partial charge in [0.1, 0.15) is 5.58 Å². The Morgan fingerprint density at radius 2 is 1.90 bits per heavy atom. The van der Waals surface area contributed by atoms with Crippen molar-refractivity contribution in [3.05, 3.63) is 81.7 Å². The second-order valence-corrected chi connectivity index (χ2v) is 8.25. The van der Waals surface area contributed by atoms with E-state index in [9.17, 15) is 9.59 Å². The minimum atomic E-state index is -0.347. The summed E-state index contributed by atoms with van der Waals surface area (Å²) in [6, 6.07) is 17.9. The fraction of sp³-hybridized carbons (Fsp3) is 0.333. The van der Waals surface area contributed by atoms with E-state index in [1.807, 2.05) is 37.3 Å². The lowest BCUT2D eigenvalue weighted by Gasteiger charge is -2.14. The second-order valence-electron chi connectivity index (χ2n) is 7.26. The van der Waals surface area contributed by atoms with E-state index in [2.05, 4.69) is 30.4 Å². The van der Waals surface area contributed by atoms with Gasteiger partial charge in [-0.1, -0.05) is 49.4 Å². The predicted octanol–water partition coefficient (Wildman–Crippen LogP) is 4.73. The molecular weight excluding hydrogens is 382 g/mol. The Hall–Kier alpha value is -2.53.